The first-order valence-electron chi connectivity index (χ1n) is 10.8. The van der Waals surface area contributed by atoms with Crippen LogP contribution in [0.2, 0.25) is 0 Å². The number of rotatable bonds is 7. The summed E-state index contributed by atoms with van der Waals surface area (Å²) in [5.41, 5.74) is 1.79. The van der Waals surface area contributed by atoms with Crippen molar-refractivity contribution in [1.29, 1.82) is 0 Å². The molecule has 1 amide bonds. The summed E-state index contributed by atoms with van der Waals surface area (Å²) in [4.78, 5) is 25.0. The molecule has 2 heterocycles. The molecule has 0 aromatic heterocycles. The Morgan fingerprint density at radius 3 is 2.42 bits per heavy atom. The molecule has 2 N–H and O–H groups in total. The number of hydrogen-bond donors (Lipinski definition) is 2. The van der Waals surface area contributed by atoms with Gasteiger partial charge in [0.05, 0.1) is 25.3 Å². The predicted octanol–water partition coefficient (Wildman–Crippen LogP) is 2.22. The highest BCUT2D eigenvalue weighted by atomic mass is 16.7. The zero-order valence-electron chi connectivity index (χ0n) is 18.2. The normalized spacial score (nSPS) is 27.8. The molecule has 0 radical (unpaired) electrons. The molecule has 33 heavy (non-hydrogen) atoms. The Balaban J connectivity index is 1.58. The molecule has 0 aliphatic carbocycles. The van der Waals surface area contributed by atoms with Gasteiger partial charge < -0.3 is 29.2 Å². The third kappa shape index (κ3) is 5.36. The molecule has 0 bridgehead atoms. The topological polar surface area (TPSA) is 115 Å². The number of benzene rings is 2. The molecule has 2 aliphatic heterocycles. The fourth-order valence-corrected chi connectivity index (χ4v) is 4.17. The Morgan fingerprint density at radius 2 is 1.79 bits per heavy atom. The number of aliphatic carboxylic acids is 1. The molecule has 174 valence electrons. The van der Waals surface area contributed by atoms with Gasteiger partial charge in [-0.25, -0.2) is 9.59 Å². The second kappa shape index (κ2) is 10.3. The summed E-state index contributed by atoms with van der Waals surface area (Å²) < 4.78 is 23.7. The van der Waals surface area contributed by atoms with Crippen LogP contribution in [0.4, 0.5) is 4.79 Å². The second-order valence-electron chi connectivity index (χ2n) is 8.07. The van der Waals surface area contributed by atoms with Gasteiger partial charge in [-0.2, -0.15) is 0 Å². The smallest absolute Gasteiger partial charge is 0.409 e. The molecule has 4 rings (SSSR count). The number of amides is 1. The Labute approximate surface area is 192 Å². The van der Waals surface area contributed by atoms with Gasteiger partial charge in [-0.1, -0.05) is 60.7 Å². The molecule has 6 atom stereocenters. The van der Waals surface area contributed by atoms with E-state index in [4.69, 9.17) is 18.9 Å². The fraction of sp³-hybridized carbons (Fsp3) is 0.391. The van der Waals surface area contributed by atoms with E-state index >= 15 is 0 Å². The van der Waals surface area contributed by atoms with Crippen molar-refractivity contribution in [2.75, 3.05) is 6.61 Å². The van der Waals surface area contributed by atoms with Gasteiger partial charge in [0.2, 0.25) is 6.29 Å². The lowest BCUT2D eigenvalue weighted by Crippen LogP contribution is -2.69. The van der Waals surface area contributed by atoms with Crippen molar-refractivity contribution in [2.45, 2.75) is 50.2 Å². The summed E-state index contributed by atoms with van der Waals surface area (Å²) in [6, 6.07) is 18.5. The molecule has 9 nitrogen and oxygen atoms in total. The standard InChI is InChI=1S/C23H26BNO8/c1-14(21(26)27)32-20-22(31-12-15-8-4-2-5-9-15)33-17-13-30-19(16-10-6-3-7-11-16)24-18(17)25(20)23(28)29/h2-11,14,17-20,22,24H,12-13H2,1H3,(H,26,27)(H,28,29)/t14-,17?,18?,19?,20?,22?/m1/s1. The van der Waals surface area contributed by atoms with Gasteiger partial charge in [-0.05, 0) is 18.1 Å². The maximum Gasteiger partial charge on any atom is 0.409 e. The van der Waals surface area contributed by atoms with Crippen molar-refractivity contribution in [3.8, 4) is 0 Å². The molecular formula is C23H26BNO8. The predicted molar refractivity (Wildman–Crippen MR) is 118 cm³/mol. The number of fused-ring (bicyclic) bond motifs is 1. The zero-order chi connectivity index (χ0) is 23.4. The Morgan fingerprint density at radius 1 is 1.12 bits per heavy atom. The van der Waals surface area contributed by atoms with Crippen molar-refractivity contribution in [3.05, 3.63) is 71.8 Å². The lowest BCUT2D eigenvalue weighted by atomic mass is 9.57. The van der Waals surface area contributed by atoms with E-state index in [0.29, 0.717) is 7.28 Å². The largest absolute Gasteiger partial charge is 0.479 e. The average molecular weight is 455 g/mol. The average Bonchev–Trinajstić information content (AvgIpc) is 2.83. The molecule has 2 aliphatic rings. The molecule has 2 aromatic rings. The van der Waals surface area contributed by atoms with Gasteiger partial charge in [0.15, 0.2) is 19.6 Å². The SMILES string of the molecule is C[C@@H](OC1C(OCc2ccccc2)OC2COC(c3ccccc3)BC2N1C(=O)O)C(=O)O. The van der Waals surface area contributed by atoms with E-state index in [1.807, 2.05) is 60.7 Å². The third-order valence-electron chi connectivity index (χ3n) is 5.86. The van der Waals surface area contributed by atoms with Crippen LogP contribution in [0.1, 0.15) is 24.1 Å². The van der Waals surface area contributed by atoms with Crippen LogP contribution in [-0.2, 0) is 30.3 Å². The monoisotopic (exact) mass is 455 g/mol. The highest BCUT2D eigenvalue weighted by Crippen LogP contribution is 2.34. The first kappa shape index (κ1) is 23.3. The van der Waals surface area contributed by atoms with Crippen molar-refractivity contribution in [2.24, 2.45) is 0 Å². The molecule has 10 heteroatoms. The number of carboxylic acids is 1. The minimum absolute atomic E-state index is 0.144. The van der Waals surface area contributed by atoms with Crippen LogP contribution in [0.5, 0.6) is 0 Å². The Hall–Kier alpha value is -2.92. The zero-order valence-corrected chi connectivity index (χ0v) is 18.2. The van der Waals surface area contributed by atoms with E-state index in [0.717, 1.165) is 16.0 Å². The highest BCUT2D eigenvalue weighted by molar-refractivity contribution is 6.40. The summed E-state index contributed by atoms with van der Waals surface area (Å²) in [5.74, 6) is -1.80. The number of nitrogens with zero attached hydrogens (tertiary/aromatic N) is 1. The summed E-state index contributed by atoms with van der Waals surface area (Å²) in [5, 5.41) is 19.5. The summed E-state index contributed by atoms with van der Waals surface area (Å²) in [6.45, 7) is 1.66. The maximum absolute atomic E-state index is 12.4. The first-order chi connectivity index (χ1) is 15.9. The minimum Gasteiger partial charge on any atom is -0.479 e. The van der Waals surface area contributed by atoms with E-state index in [2.05, 4.69) is 0 Å². The Bertz CT molecular complexity index is 946. The third-order valence-corrected chi connectivity index (χ3v) is 5.86. The molecule has 2 aromatic carbocycles. The van der Waals surface area contributed by atoms with Crippen molar-refractivity contribution >= 4 is 19.3 Å². The van der Waals surface area contributed by atoms with Crippen LogP contribution >= 0.6 is 0 Å². The van der Waals surface area contributed by atoms with Gasteiger partial charge >= 0.3 is 12.1 Å². The van der Waals surface area contributed by atoms with Gasteiger partial charge in [0.1, 0.15) is 0 Å². The summed E-state index contributed by atoms with van der Waals surface area (Å²) >= 11 is 0. The molecule has 0 spiro atoms. The van der Waals surface area contributed by atoms with Crippen LogP contribution in [0.25, 0.3) is 0 Å². The lowest BCUT2D eigenvalue weighted by molar-refractivity contribution is -0.311. The number of morpholine rings is 1. The van der Waals surface area contributed by atoms with E-state index < -0.39 is 42.7 Å². The molecule has 5 unspecified atom stereocenters. The Kier molecular flexibility index (Phi) is 7.29. The molecule has 0 saturated carbocycles. The fourth-order valence-electron chi connectivity index (χ4n) is 4.17. The lowest BCUT2D eigenvalue weighted by Gasteiger charge is -2.50. The van der Waals surface area contributed by atoms with Gasteiger partial charge in [0, 0.05) is 5.94 Å². The molecule has 2 saturated heterocycles. The van der Waals surface area contributed by atoms with E-state index in [9.17, 15) is 19.8 Å². The van der Waals surface area contributed by atoms with Crippen molar-refractivity contribution in [3.63, 3.8) is 0 Å². The van der Waals surface area contributed by atoms with Gasteiger partial charge in [-0.15, -0.1) is 0 Å². The first-order valence-corrected chi connectivity index (χ1v) is 10.8. The summed E-state index contributed by atoms with van der Waals surface area (Å²) in [6.07, 6.45) is -5.46. The van der Waals surface area contributed by atoms with Crippen LogP contribution in [0.3, 0.4) is 0 Å². The van der Waals surface area contributed by atoms with Gasteiger partial charge in [0.25, 0.3) is 0 Å². The number of ether oxygens (including phenoxy) is 4. The van der Waals surface area contributed by atoms with Crippen LogP contribution in [-0.4, -0.2) is 71.7 Å². The quantitative estimate of drug-likeness (QED) is 0.611. The van der Waals surface area contributed by atoms with Crippen molar-refractivity contribution < 1.29 is 38.7 Å². The van der Waals surface area contributed by atoms with Crippen LogP contribution < -0.4 is 0 Å². The van der Waals surface area contributed by atoms with Gasteiger partial charge in [-0.3, -0.25) is 4.90 Å². The highest BCUT2D eigenvalue weighted by Gasteiger charge is 2.51. The second-order valence-corrected chi connectivity index (χ2v) is 8.07. The summed E-state index contributed by atoms with van der Waals surface area (Å²) in [7, 11) is 0.341. The maximum atomic E-state index is 12.4. The number of hydrogen-bond acceptors (Lipinski definition) is 6. The van der Waals surface area contributed by atoms with E-state index in [-0.39, 0.29) is 19.2 Å². The number of carboxylic acid groups (broad SMARTS) is 2. The molecule has 2 fully saturated rings. The van der Waals surface area contributed by atoms with E-state index in [1.165, 1.54) is 6.92 Å². The van der Waals surface area contributed by atoms with Crippen molar-refractivity contribution in [1.82, 2.24) is 4.90 Å². The molecular weight excluding hydrogens is 429 g/mol. The van der Waals surface area contributed by atoms with E-state index in [1.54, 1.807) is 0 Å². The van der Waals surface area contributed by atoms with Crippen LogP contribution in [0.15, 0.2) is 60.7 Å². The van der Waals surface area contributed by atoms with Crippen LogP contribution in [0, 0.1) is 0 Å². The minimum atomic E-state index is -1.26. The number of carbonyl (C=O) groups is 2.